The van der Waals surface area contributed by atoms with Gasteiger partial charge in [-0.1, -0.05) is 36.0 Å². The van der Waals surface area contributed by atoms with Gasteiger partial charge >= 0.3 is 0 Å². The molecular weight excluding hydrogens is 326 g/mol. The van der Waals surface area contributed by atoms with Gasteiger partial charge in [0.15, 0.2) is 4.34 Å². The number of aryl methyl sites for hydroxylation is 1. The number of thioether (sulfide) groups is 1. The van der Waals surface area contributed by atoms with Gasteiger partial charge in [-0.15, -0.1) is 11.3 Å². The van der Waals surface area contributed by atoms with Gasteiger partial charge in [-0.25, -0.2) is 4.98 Å². The van der Waals surface area contributed by atoms with Crippen LogP contribution in [0.1, 0.15) is 16.8 Å². The number of nitrogens with one attached hydrogen (secondary N) is 1. The smallest absolute Gasteiger partial charge is 0.230 e. The Kier molecular flexibility index (Phi) is 5.35. The molecule has 0 saturated heterocycles. The summed E-state index contributed by atoms with van der Waals surface area (Å²) in [5, 5.41) is 5.07. The lowest BCUT2D eigenvalue weighted by Crippen LogP contribution is -2.45. The molecule has 3 rings (SSSR count). The fourth-order valence-corrected chi connectivity index (χ4v) is 4.43. The molecule has 0 fully saturated rings. The third-order valence-electron chi connectivity index (χ3n) is 4.08. The van der Waals surface area contributed by atoms with Crippen molar-refractivity contribution >= 4 is 29.0 Å². The second kappa shape index (κ2) is 7.47. The maximum absolute atomic E-state index is 12.0. The zero-order valence-electron chi connectivity index (χ0n) is 13.4. The van der Waals surface area contributed by atoms with Crippen molar-refractivity contribution in [2.75, 3.05) is 19.3 Å². The fraction of sp³-hybridized carbons (Fsp3) is 0.412. The molecule has 1 amide bonds. The second-order valence-corrected chi connectivity index (χ2v) is 7.97. The number of nitrogens with zero attached hydrogens (tertiary/aromatic N) is 2. The van der Waals surface area contributed by atoms with E-state index >= 15 is 0 Å². The average Bonchev–Trinajstić information content (AvgIpc) is 2.96. The first-order chi connectivity index (χ1) is 11.1. The van der Waals surface area contributed by atoms with Gasteiger partial charge in [-0.2, -0.15) is 0 Å². The molecule has 1 aromatic carbocycles. The van der Waals surface area contributed by atoms with Crippen molar-refractivity contribution in [2.24, 2.45) is 0 Å². The van der Waals surface area contributed by atoms with Crippen molar-refractivity contribution in [3.63, 3.8) is 0 Å². The summed E-state index contributed by atoms with van der Waals surface area (Å²) >= 11 is 3.10. The number of fused-ring (bicyclic) bond motifs is 1. The first-order valence-electron chi connectivity index (χ1n) is 7.70. The van der Waals surface area contributed by atoms with Gasteiger partial charge in [0.05, 0.1) is 5.75 Å². The summed E-state index contributed by atoms with van der Waals surface area (Å²) in [7, 11) is 2.12. The molecule has 0 saturated carbocycles. The van der Waals surface area contributed by atoms with Gasteiger partial charge in [0.25, 0.3) is 0 Å². The quantitative estimate of drug-likeness (QED) is 0.845. The van der Waals surface area contributed by atoms with E-state index < -0.39 is 0 Å². The number of carbonyl (C=O) groups excluding carboxylic acids is 1. The zero-order chi connectivity index (χ0) is 16.2. The van der Waals surface area contributed by atoms with Crippen LogP contribution in [0.2, 0.25) is 0 Å². The number of aromatic nitrogens is 1. The maximum atomic E-state index is 12.0. The Morgan fingerprint density at radius 1 is 1.43 bits per heavy atom. The number of likely N-dealkylation sites (N-methyl/N-ethyl adjacent to an activating group) is 1. The summed E-state index contributed by atoms with van der Waals surface area (Å²) in [6.45, 7) is 3.61. The molecule has 4 nitrogen and oxygen atoms in total. The SMILES string of the molecule is Cc1csc(SCC(=O)NC[C@H]2Cc3ccccc3CN2C)n1. The second-order valence-electron chi connectivity index (χ2n) is 5.89. The molecule has 1 aliphatic rings. The predicted octanol–water partition coefficient (Wildman–Crippen LogP) is 2.72. The van der Waals surface area contributed by atoms with Gasteiger partial charge in [-0.3, -0.25) is 9.69 Å². The number of hydrogen-bond donors (Lipinski definition) is 1. The van der Waals surface area contributed by atoms with Gasteiger partial charge in [0.1, 0.15) is 0 Å². The third kappa shape index (κ3) is 4.34. The van der Waals surface area contributed by atoms with Gasteiger partial charge in [0.2, 0.25) is 5.91 Å². The molecule has 122 valence electrons. The number of hydrogen-bond acceptors (Lipinski definition) is 5. The van der Waals surface area contributed by atoms with Crippen molar-refractivity contribution in [2.45, 2.75) is 30.3 Å². The van der Waals surface area contributed by atoms with Crippen LogP contribution in [0, 0.1) is 6.92 Å². The molecule has 0 bridgehead atoms. The highest BCUT2D eigenvalue weighted by atomic mass is 32.2. The first kappa shape index (κ1) is 16.5. The monoisotopic (exact) mass is 347 g/mol. The van der Waals surface area contributed by atoms with Gasteiger partial charge in [0, 0.05) is 30.2 Å². The van der Waals surface area contributed by atoms with Crippen molar-refractivity contribution in [3.05, 3.63) is 46.5 Å². The van der Waals surface area contributed by atoms with E-state index in [2.05, 4.69) is 46.5 Å². The molecule has 2 heterocycles. The van der Waals surface area contributed by atoms with Crippen LogP contribution in [-0.4, -0.2) is 41.2 Å². The summed E-state index contributed by atoms with van der Waals surface area (Å²) in [6, 6.07) is 8.92. The molecule has 0 aliphatic carbocycles. The molecule has 1 N–H and O–H groups in total. The van der Waals surface area contributed by atoms with E-state index in [4.69, 9.17) is 0 Å². The van der Waals surface area contributed by atoms with Crippen molar-refractivity contribution in [3.8, 4) is 0 Å². The molecule has 23 heavy (non-hydrogen) atoms. The highest BCUT2D eigenvalue weighted by Gasteiger charge is 2.23. The molecule has 0 unspecified atom stereocenters. The van der Waals surface area contributed by atoms with Crippen LogP contribution in [0.15, 0.2) is 34.0 Å². The van der Waals surface area contributed by atoms with Crippen LogP contribution in [0.4, 0.5) is 0 Å². The molecular formula is C17H21N3OS2. The summed E-state index contributed by atoms with van der Waals surface area (Å²) in [5.41, 5.74) is 3.81. The summed E-state index contributed by atoms with van der Waals surface area (Å²) in [5.74, 6) is 0.509. The zero-order valence-corrected chi connectivity index (χ0v) is 15.0. The van der Waals surface area contributed by atoms with Crippen LogP contribution in [-0.2, 0) is 17.8 Å². The molecule has 0 radical (unpaired) electrons. The number of carbonyl (C=O) groups is 1. The van der Waals surface area contributed by atoms with Crippen molar-refractivity contribution < 1.29 is 4.79 Å². The van der Waals surface area contributed by atoms with E-state index in [-0.39, 0.29) is 5.91 Å². The predicted molar refractivity (Wildman–Crippen MR) is 96.0 cm³/mol. The van der Waals surface area contributed by atoms with E-state index in [1.807, 2.05) is 12.3 Å². The Morgan fingerprint density at radius 2 is 2.22 bits per heavy atom. The highest BCUT2D eigenvalue weighted by Crippen LogP contribution is 2.23. The Morgan fingerprint density at radius 3 is 2.96 bits per heavy atom. The van der Waals surface area contributed by atoms with E-state index in [1.54, 1.807) is 11.3 Å². The molecule has 1 atom stereocenters. The standard InChI is InChI=1S/C17H21N3OS2/c1-12-10-22-17(19-12)23-11-16(21)18-8-15-7-13-5-3-4-6-14(13)9-20(15)2/h3-6,10,15H,7-9,11H2,1-2H3,(H,18,21)/t15-/m1/s1. The number of thiazole rings is 1. The Labute approximate surface area is 145 Å². The lowest BCUT2D eigenvalue weighted by Gasteiger charge is -2.34. The topological polar surface area (TPSA) is 45.2 Å². The van der Waals surface area contributed by atoms with E-state index in [0.717, 1.165) is 23.0 Å². The molecule has 2 aromatic rings. The molecule has 1 aromatic heterocycles. The van der Waals surface area contributed by atoms with Crippen LogP contribution in [0.5, 0.6) is 0 Å². The van der Waals surface area contributed by atoms with Crippen molar-refractivity contribution in [1.29, 1.82) is 0 Å². The minimum atomic E-state index is 0.0788. The Bertz CT molecular complexity index is 686. The van der Waals surface area contributed by atoms with Crippen LogP contribution < -0.4 is 5.32 Å². The summed E-state index contributed by atoms with van der Waals surface area (Å²) in [4.78, 5) is 18.7. The molecule has 0 spiro atoms. The Balaban J connectivity index is 1.47. The summed E-state index contributed by atoms with van der Waals surface area (Å²) < 4.78 is 0.960. The number of benzene rings is 1. The van der Waals surface area contributed by atoms with Crippen LogP contribution in [0.3, 0.4) is 0 Å². The van der Waals surface area contributed by atoms with Crippen LogP contribution >= 0.6 is 23.1 Å². The average molecular weight is 348 g/mol. The highest BCUT2D eigenvalue weighted by molar-refractivity contribution is 8.01. The minimum Gasteiger partial charge on any atom is -0.354 e. The van der Waals surface area contributed by atoms with Crippen LogP contribution in [0.25, 0.3) is 0 Å². The largest absolute Gasteiger partial charge is 0.354 e. The molecule has 1 aliphatic heterocycles. The van der Waals surface area contributed by atoms with E-state index in [0.29, 0.717) is 18.3 Å². The van der Waals surface area contributed by atoms with E-state index in [1.165, 1.54) is 22.9 Å². The van der Waals surface area contributed by atoms with Crippen molar-refractivity contribution in [1.82, 2.24) is 15.2 Å². The number of amides is 1. The molecule has 6 heteroatoms. The Hall–Kier alpha value is -1.37. The third-order valence-corrected chi connectivity index (χ3v) is 6.22. The summed E-state index contributed by atoms with van der Waals surface area (Å²) in [6.07, 6.45) is 0.992. The van der Waals surface area contributed by atoms with E-state index in [9.17, 15) is 4.79 Å². The normalized spacial score (nSPS) is 17.7. The van der Waals surface area contributed by atoms with Gasteiger partial charge in [-0.05, 0) is 31.5 Å². The fourth-order valence-electron chi connectivity index (χ4n) is 2.76. The maximum Gasteiger partial charge on any atom is 0.230 e. The van der Waals surface area contributed by atoms with Gasteiger partial charge < -0.3 is 5.32 Å². The number of rotatable bonds is 5. The lowest BCUT2D eigenvalue weighted by atomic mass is 9.94. The lowest BCUT2D eigenvalue weighted by molar-refractivity contribution is -0.118. The first-order valence-corrected chi connectivity index (χ1v) is 9.57. The minimum absolute atomic E-state index is 0.0788.